The van der Waals surface area contributed by atoms with Crippen LogP contribution in [0.15, 0.2) is 24.3 Å². The first kappa shape index (κ1) is 24.2. The molecule has 1 N–H and O–H groups in total. The molecule has 0 aliphatic rings. The van der Waals surface area contributed by atoms with Crippen LogP contribution >= 0.6 is 11.3 Å². The second-order valence-electron chi connectivity index (χ2n) is 6.10. The van der Waals surface area contributed by atoms with Gasteiger partial charge >= 0.3 is 11.9 Å². The summed E-state index contributed by atoms with van der Waals surface area (Å²) in [5.41, 5.74) is 0.475. The van der Waals surface area contributed by atoms with Crippen molar-refractivity contribution in [2.45, 2.75) is 13.8 Å². The van der Waals surface area contributed by atoms with Crippen LogP contribution in [-0.2, 0) is 19.0 Å². The lowest BCUT2D eigenvalue weighted by Crippen LogP contribution is -2.21. The Hall–Kier alpha value is -3.11. The zero-order valence-electron chi connectivity index (χ0n) is 17.8. The van der Waals surface area contributed by atoms with Gasteiger partial charge in [0.25, 0.3) is 5.91 Å². The fourth-order valence-electron chi connectivity index (χ4n) is 2.57. The lowest BCUT2D eigenvalue weighted by molar-refractivity contribution is -0.118. The summed E-state index contributed by atoms with van der Waals surface area (Å²) in [5, 5.41) is 2.80. The summed E-state index contributed by atoms with van der Waals surface area (Å²) in [6, 6.07) is 6.90. The Morgan fingerprint density at radius 3 is 2.35 bits per heavy atom. The highest BCUT2D eigenvalue weighted by Gasteiger charge is 2.27. The first-order valence-corrected chi connectivity index (χ1v) is 10.3. The van der Waals surface area contributed by atoms with Crippen molar-refractivity contribution in [2.24, 2.45) is 0 Å². The van der Waals surface area contributed by atoms with Gasteiger partial charge in [0.05, 0.1) is 25.9 Å². The predicted molar refractivity (Wildman–Crippen MR) is 114 cm³/mol. The van der Waals surface area contributed by atoms with Gasteiger partial charge in [-0.15, -0.1) is 11.3 Å². The molecule has 0 bridgehead atoms. The Kier molecular flexibility index (Phi) is 9.29. The van der Waals surface area contributed by atoms with E-state index < -0.39 is 17.8 Å². The van der Waals surface area contributed by atoms with E-state index >= 15 is 0 Å². The molecular weight excluding hydrogens is 426 g/mol. The molecule has 9 nitrogen and oxygen atoms in total. The van der Waals surface area contributed by atoms with E-state index in [0.717, 1.165) is 11.3 Å². The Bertz CT molecular complexity index is 924. The molecule has 0 atom stereocenters. The average molecular weight is 451 g/mol. The Labute approximate surface area is 184 Å². The van der Waals surface area contributed by atoms with Gasteiger partial charge in [-0.1, -0.05) is 12.1 Å². The molecule has 1 heterocycles. The fourth-order valence-corrected chi connectivity index (χ4v) is 3.68. The molecule has 2 rings (SSSR count). The minimum absolute atomic E-state index is 0.0653. The summed E-state index contributed by atoms with van der Waals surface area (Å²) in [5.74, 6) is -0.896. The number of benzene rings is 1. The molecule has 1 aromatic carbocycles. The normalized spacial score (nSPS) is 10.3. The topological polar surface area (TPSA) is 109 Å². The van der Waals surface area contributed by atoms with Crippen LogP contribution < -0.4 is 14.8 Å². The van der Waals surface area contributed by atoms with Gasteiger partial charge in [0.2, 0.25) is 0 Å². The zero-order chi connectivity index (χ0) is 22.8. The van der Waals surface area contributed by atoms with Crippen molar-refractivity contribution < 1.29 is 38.1 Å². The second-order valence-corrected chi connectivity index (χ2v) is 7.12. The maximum absolute atomic E-state index is 12.5. The monoisotopic (exact) mass is 451 g/mol. The number of methoxy groups -OCH3 is 2. The van der Waals surface area contributed by atoms with Crippen LogP contribution in [0.3, 0.4) is 0 Å². The lowest BCUT2D eigenvalue weighted by Gasteiger charge is -2.10. The molecule has 2 aromatic rings. The summed E-state index contributed by atoms with van der Waals surface area (Å²) in [6.07, 6.45) is 0. The molecule has 1 amide bonds. The van der Waals surface area contributed by atoms with Crippen molar-refractivity contribution in [2.75, 3.05) is 46.0 Å². The van der Waals surface area contributed by atoms with Crippen molar-refractivity contribution in [3.05, 3.63) is 40.3 Å². The molecule has 0 unspecified atom stereocenters. The maximum atomic E-state index is 12.5. The fraction of sp³-hybridized carbons (Fsp3) is 0.381. The highest BCUT2D eigenvalue weighted by molar-refractivity contribution is 7.18. The quantitative estimate of drug-likeness (QED) is 0.410. The van der Waals surface area contributed by atoms with E-state index in [9.17, 15) is 14.4 Å². The number of ether oxygens (including phenoxy) is 5. The predicted octanol–water partition coefficient (Wildman–Crippen LogP) is 3.06. The summed E-state index contributed by atoms with van der Waals surface area (Å²) in [4.78, 5) is 37.5. The third-order valence-electron chi connectivity index (χ3n) is 4.01. The van der Waals surface area contributed by atoms with Gasteiger partial charge < -0.3 is 29.0 Å². The van der Waals surface area contributed by atoms with Gasteiger partial charge in [-0.25, -0.2) is 9.59 Å². The molecule has 0 saturated heterocycles. The highest BCUT2D eigenvalue weighted by Crippen LogP contribution is 2.34. The van der Waals surface area contributed by atoms with E-state index in [1.54, 1.807) is 38.1 Å². The van der Waals surface area contributed by atoms with E-state index in [1.807, 2.05) is 0 Å². The van der Waals surface area contributed by atoms with Crippen molar-refractivity contribution in [3.8, 4) is 11.5 Å². The molecule has 0 aliphatic carbocycles. The molecule has 0 fully saturated rings. The molecule has 31 heavy (non-hydrogen) atoms. The number of carbonyl (C=O) groups is 3. The third kappa shape index (κ3) is 6.43. The van der Waals surface area contributed by atoms with Crippen LogP contribution in [0.5, 0.6) is 11.5 Å². The first-order chi connectivity index (χ1) is 14.9. The molecule has 0 spiro atoms. The van der Waals surface area contributed by atoms with Crippen molar-refractivity contribution >= 4 is 34.2 Å². The van der Waals surface area contributed by atoms with Gasteiger partial charge in [-0.3, -0.25) is 4.79 Å². The Balaban J connectivity index is 2.18. The number of hydrogen-bond acceptors (Lipinski definition) is 9. The number of nitrogens with one attached hydrogen (secondary N) is 1. The largest absolute Gasteiger partial charge is 0.493 e. The number of amides is 1. The van der Waals surface area contributed by atoms with E-state index in [4.69, 9.17) is 23.7 Å². The van der Waals surface area contributed by atoms with Gasteiger partial charge in [-0.05, 0) is 31.5 Å². The van der Waals surface area contributed by atoms with Crippen LogP contribution in [0.2, 0.25) is 0 Å². The van der Waals surface area contributed by atoms with E-state index in [0.29, 0.717) is 17.1 Å². The van der Waals surface area contributed by atoms with Gasteiger partial charge in [0.15, 0.2) is 18.1 Å². The van der Waals surface area contributed by atoms with Gasteiger partial charge in [0, 0.05) is 7.11 Å². The molecule has 0 radical (unpaired) electrons. The molecule has 0 saturated carbocycles. The third-order valence-corrected chi connectivity index (χ3v) is 5.20. The van der Waals surface area contributed by atoms with E-state index in [-0.39, 0.29) is 41.9 Å². The minimum atomic E-state index is -0.645. The number of thiophene rings is 1. The molecular formula is C21H25NO8S. The number of esters is 2. The summed E-state index contributed by atoms with van der Waals surface area (Å²) < 4.78 is 25.8. The van der Waals surface area contributed by atoms with E-state index in [1.165, 1.54) is 14.2 Å². The lowest BCUT2D eigenvalue weighted by atomic mass is 10.1. The average Bonchev–Trinajstić information content (AvgIpc) is 3.08. The molecule has 10 heteroatoms. The standard InChI is InChI=1S/C21H25NO8S/c1-5-28-20(24)17-13(2)18(21(25)29-11-10-26-3)31-19(17)22-16(23)12-30-15-9-7-6-8-14(15)27-4/h6-9H,5,10-12H2,1-4H3,(H,22,23). The van der Waals surface area contributed by atoms with Gasteiger partial charge in [-0.2, -0.15) is 0 Å². The van der Waals surface area contributed by atoms with Crippen molar-refractivity contribution in [3.63, 3.8) is 0 Å². The van der Waals surface area contributed by atoms with E-state index in [2.05, 4.69) is 5.32 Å². The number of rotatable bonds is 11. The van der Waals surface area contributed by atoms with Crippen LogP contribution in [0, 0.1) is 6.92 Å². The van der Waals surface area contributed by atoms with Crippen LogP contribution in [0.1, 0.15) is 32.5 Å². The Morgan fingerprint density at radius 1 is 1.00 bits per heavy atom. The summed E-state index contributed by atoms with van der Waals surface area (Å²) in [6.45, 7) is 3.38. The first-order valence-electron chi connectivity index (χ1n) is 9.45. The molecule has 0 aliphatic heterocycles. The number of para-hydroxylation sites is 2. The molecule has 1 aromatic heterocycles. The number of anilines is 1. The van der Waals surface area contributed by atoms with Gasteiger partial charge in [0.1, 0.15) is 16.5 Å². The van der Waals surface area contributed by atoms with Crippen molar-refractivity contribution in [1.82, 2.24) is 0 Å². The molecule has 168 valence electrons. The highest BCUT2D eigenvalue weighted by atomic mass is 32.1. The SMILES string of the molecule is CCOC(=O)c1c(NC(=O)COc2ccccc2OC)sc(C(=O)OCCOC)c1C. The Morgan fingerprint density at radius 2 is 1.71 bits per heavy atom. The van der Waals surface area contributed by atoms with Crippen LogP contribution in [-0.4, -0.2) is 58.5 Å². The number of hydrogen-bond donors (Lipinski definition) is 1. The van der Waals surface area contributed by atoms with Crippen molar-refractivity contribution in [1.29, 1.82) is 0 Å². The van der Waals surface area contributed by atoms with Crippen LogP contribution in [0.4, 0.5) is 5.00 Å². The summed E-state index contributed by atoms with van der Waals surface area (Å²) >= 11 is 0.936. The summed E-state index contributed by atoms with van der Waals surface area (Å²) in [7, 11) is 2.99. The second kappa shape index (κ2) is 11.9. The maximum Gasteiger partial charge on any atom is 0.348 e. The zero-order valence-corrected chi connectivity index (χ0v) is 18.6. The number of carbonyl (C=O) groups excluding carboxylic acids is 3. The van der Waals surface area contributed by atoms with Crippen LogP contribution in [0.25, 0.3) is 0 Å². The minimum Gasteiger partial charge on any atom is -0.493 e. The smallest absolute Gasteiger partial charge is 0.348 e.